The Morgan fingerprint density at radius 1 is 1.47 bits per heavy atom. The number of hydrogen-bond donors (Lipinski definition) is 3. The Labute approximate surface area is 106 Å². The van der Waals surface area contributed by atoms with Gasteiger partial charge < -0.3 is 15.7 Å². The predicted molar refractivity (Wildman–Crippen MR) is 68.3 cm³/mol. The number of thioether (sulfide) groups is 1. The Hall–Kier alpha value is -0.910. The number of carboxylic acids is 1. The smallest absolute Gasteiger partial charge is 0.326 e. The van der Waals surface area contributed by atoms with Gasteiger partial charge >= 0.3 is 12.0 Å². The zero-order chi connectivity index (χ0) is 12.8. The molecule has 0 bridgehead atoms. The molecule has 0 aromatic carbocycles. The van der Waals surface area contributed by atoms with Crippen molar-refractivity contribution in [3.8, 4) is 0 Å². The molecule has 1 rings (SSSR count). The van der Waals surface area contributed by atoms with Gasteiger partial charge in [-0.1, -0.05) is 6.92 Å². The number of urea groups is 1. The number of carboxylic acid groups (broad SMARTS) is 1. The van der Waals surface area contributed by atoms with Crippen molar-refractivity contribution >= 4 is 23.8 Å². The van der Waals surface area contributed by atoms with Crippen molar-refractivity contribution in [2.45, 2.75) is 49.9 Å². The molecule has 0 spiro atoms. The summed E-state index contributed by atoms with van der Waals surface area (Å²) >= 11 is 1.82. The Morgan fingerprint density at radius 2 is 2.18 bits per heavy atom. The van der Waals surface area contributed by atoms with E-state index >= 15 is 0 Å². The van der Waals surface area contributed by atoms with Gasteiger partial charge in [-0.05, 0) is 31.9 Å². The van der Waals surface area contributed by atoms with Gasteiger partial charge in [-0.25, -0.2) is 9.59 Å². The van der Waals surface area contributed by atoms with Gasteiger partial charge in [-0.3, -0.25) is 0 Å². The number of carbonyl (C=O) groups excluding carboxylic acids is 1. The lowest BCUT2D eigenvalue weighted by atomic mass is 10.2. The minimum Gasteiger partial charge on any atom is -0.480 e. The number of carbonyl (C=O) groups is 2. The quantitative estimate of drug-likeness (QED) is 0.699. The van der Waals surface area contributed by atoms with Crippen LogP contribution in [0.25, 0.3) is 0 Å². The summed E-state index contributed by atoms with van der Waals surface area (Å²) in [6, 6.07) is -0.988. The molecule has 3 N–H and O–H groups in total. The lowest BCUT2D eigenvalue weighted by Crippen LogP contribution is -2.48. The molecule has 3 atom stereocenters. The van der Waals surface area contributed by atoms with Gasteiger partial charge in [0.1, 0.15) is 6.04 Å². The number of amides is 2. The zero-order valence-corrected chi connectivity index (χ0v) is 11.0. The first kappa shape index (κ1) is 14.2. The van der Waals surface area contributed by atoms with E-state index in [1.165, 1.54) is 0 Å². The molecule has 1 aliphatic rings. The molecule has 6 heteroatoms. The molecular formula is C11H20N2O3S. The van der Waals surface area contributed by atoms with Gasteiger partial charge in [0.05, 0.1) is 0 Å². The van der Waals surface area contributed by atoms with E-state index in [-0.39, 0.29) is 12.1 Å². The molecule has 0 aromatic heterocycles. The maximum atomic E-state index is 11.6. The first-order chi connectivity index (χ1) is 8.06. The average Bonchev–Trinajstić information content (AvgIpc) is 2.73. The first-order valence-corrected chi connectivity index (χ1v) is 7.18. The third kappa shape index (κ3) is 4.46. The van der Waals surface area contributed by atoms with Crippen molar-refractivity contribution in [1.82, 2.24) is 10.6 Å². The number of nitrogens with one attached hydrogen (secondary N) is 2. The van der Waals surface area contributed by atoms with Crippen LogP contribution in [0.4, 0.5) is 4.79 Å². The lowest BCUT2D eigenvalue weighted by molar-refractivity contribution is -0.139. The summed E-state index contributed by atoms with van der Waals surface area (Å²) in [7, 11) is 0. The fraction of sp³-hybridized carbons (Fsp3) is 0.818. The van der Waals surface area contributed by atoms with Crippen molar-refractivity contribution < 1.29 is 14.7 Å². The van der Waals surface area contributed by atoms with E-state index in [0.717, 1.165) is 19.3 Å². The Balaban J connectivity index is 2.32. The second-order valence-electron chi connectivity index (χ2n) is 4.28. The summed E-state index contributed by atoms with van der Waals surface area (Å²) < 4.78 is 0. The molecule has 0 radical (unpaired) electrons. The molecule has 1 aliphatic carbocycles. The van der Waals surface area contributed by atoms with E-state index in [1.54, 1.807) is 6.92 Å². The van der Waals surface area contributed by atoms with E-state index < -0.39 is 12.0 Å². The Morgan fingerprint density at radius 3 is 2.65 bits per heavy atom. The van der Waals surface area contributed by atoms with Crippen molar-refractivity contribution in [3.05, 3.63) is 0 Å². The predicted octanol–water partition coefficient (Wildman–Crippen LogP) is 1.43. The van der Waals surface area contributed by atoms with Crippen LogP contribution in [0.15, 0.2) is 0 Å². The maximum Gasteiger partial charge on any atom is 0.326 e. The van der Waals surface area contributed by atoms with Crippen molar-refractivity contribution in [2.24, 2.45) is 0 Å². The van der Waals surface area contributed by atoms with Gasteiger partial charge in [0.15, 0.2) is 0 Å². The number of rotatable bonds is 5. The number of aliphatic carboxylic acids is 1. The highest BCUT2D eigenvalue weighted by Gasteiger charge is 2.26. The topological polar surface area (TPSA) is 78.4 Å². The van der Waals surface area contributed by atoms with Crippen molar-refractivity contribution in [2.75, 3.05) is 6.26 Å². The molecule has 3 unspecified atom stereocenters. The Bertz CT molecular complexity index is 286. The second-order valence-corrected chi connectivity index (χ2v) is 5.42. The molecule has 5 nitrogen and oxygen atoms in total. The minimum absolute atomic E-state index is 0.179. The molecule has 1 fully saturated rings. The van der Waals surface area contributed by atoms with Crippen LogP contribution in [0, 0.1) is 0 Å². The van der Waals surface area contributed by atoms with E-state index in [1.807, 2.05) is 11.8 Å². The highest BCUT2D eigenvalue weighted by molar-refractivity contribution is 7.99. The molecule has 0 saturated heterocycles. The third-order valence-electron chi connectivity index (χ3n) is 3.06. The average molecular weight is 260 g/mol. The van der Waals surface area contributed by atoms with Crippen molar-refractivity contribution in [1.29, 1.82) is 0 Å². The van der Waals surface area contributed by atoms with Crippen LogP contribution in [-0.4, -0.2) is 40.7 Å². The monoisotopic (exact) mass is 260 g/mol. The summed E-state index contributed by atoms with van der Waals surface area (Å²) in [5.41, 5.74) is 0. The van der Waals surface area contributed by atoms with E-state index in [4.69, 9.17) is 5.11 Å². The molecule has 0 heterocycles. The van der Waals surface area contributed by atoms with Crippen LogP contribution in [0.5, 0.6) is 0 Å². The van der Waals surface area contributed by atoms with Crippen LogP contribution < -0.4 is 10.6 Å². The highest BCUT2D eigenvalue weighted by Crippen LogP contribution is 2.27. The molecular weight excluding hydrogens is 240 g/mol. The van der Waals surface area contributed by atoms with E-state index in [2.05, 4.69) is 16.9 Å². The van der Waals surface area contributed by atoms with E-state index in [9.17, 15) is 9.59 Å². The van der Waals surface area contributed by atoms with Gasteiger partial charge in [-0.2, -0.15) is 11.8 Å². The van der Waals surface area contributed by atoms with Crippen LogP contribution in [-0.2, 0) is 4.79 Å². The molecule has 2 amide bonds. The summed E-state index contributed by atoms with van der Waals surface area (Å²) in [6.45, 7) is 1.73. The summed E-state index contributed by atoms with van der Waals surface area (Å²) in [6.07, 6.45) is 5.52. The molecule has 17 heavy (non-hydrogen) atoms. The third-order valence-corrected chi connectivity index (χ3v) is 4.16. The minimum atomic E-state index is -0.990. The van der Waals surface area contributed by atoms with Gasteiger partial charge in [0, 0.05) is 11.3 Å². The summed E-state index contributed by atoms with van der Waals surface area (Å²) in [4.78, 5) is 22.3. The summed E-state index contributed by atoms with van der Waals surface area (Å²) in [5.74, 6) is -0.990. The summed E-state index contributed by atoms with van der Waals surface area (Å²) in [5, 5.41) is 14.7. The lowest BCUT2D eigenvalue weighted by Gasteiger charge is -2.16. The largest absolute Gasteiger partial charge is 0.480 e. The molecule has 0 aromatic rings. The fourth-order valence-corrected chi connectivity index (χ4v) is 2.81. The van der Waals surface area contributed by atoms with Crippen LogP contribution >= 0.6 is 11.8 Å². The highest BCUT2D eigenvalue weighted by atomic mass is 32.2. The maximum absolute atomic E-state index is 11.6. The normalized spacial score (nSPS) is 25.3. The second kappa shape index (κ2) is 6.74. The van der Waals surface area contributed by atoms with Crippen LogP contribution in [0.3, 0.4) is 0 Å². The fourth-order valence-electron chi connectivity index (χ4n) is 2.01. The SMILES string of the molecule is CCC(NC(=O)NC1CCC(SC)C1)C(=O)O. The van der Waals surface area contributed by atoms with Crippen LogP contribution in [0.1, 0.15) is 32.6 Å². The van der Waals surface area contributed by atoms with E-state index in [0.29, 0.717) is 11.7 Å². The number of hydrogen-bond acceptors (Lipinski definition) is 3. The van der Waals surface area contributed by atoms with Crippen molar-refractivity contribution in [3.63, 3.8) is 0 Å². The zero-order valence-electron chi connectivity index (χ0n) is 10.2. The van der Waals surface area contributed by atoms with Gasteiger partial charge in [0.2, 0.25) is 0 Å². The molecule has 1 saturated carbocycles. The van der Waals surface area contributed by atoms with Gasteiger partial charge in [-0.15, -0.1) is 0 Å². The molecule has 98 valence electrons. The Kier molecular flexibility index (Phi) is 5.61. The van der Waals surface area contributed by atoms with Gasteiger partial charge in [0.25, 0.3) is 0 Å². The first-order valence-electron chi connectivity index (χ1n) is 5.89. The molecule has 0 aliphatic heterocycles. The standard InChI is InChI=1S/C11H20N2O3S/c1-3-9(10(14)15)13-11(16)12-7-4-5-8(6-7)17-2/h7-9H,3-6H2,1-2H3,(H,14,15)(H2,12,13,16). The van der Waals surface area contributed by atoms with Crippen LogP contribution in [0.2, 0.25) is 0 Å².